The van der Waals surface area contributed by atoms with E-state index in [0.717, 1.165) is 10.4 Å². The minimum atomic E-state index is -0.449. The summed E-state index contributed by atoms with van der Waals surface area (Å²) in [6, 6.07) is 20.1. The van der Waals surface area contributed by atoms with Crippen molar-refractivity contribution in [2.24, 2.45) is 0 Å². The molecule has 4 rings (SSSR count). The van der Waals surface area contributed by atoms with Crippen LogP contribution in [-0.2, 0) is 6.42 Å². The standard InChI is InChI=1S/C22H18FN3O2S/c23-18-10-5-4-9-16(18)13-17(15-7-2-1-3-8-15)14-24-21(27)22-25-20(26-28-22)19-11-6-12-29-19/h1-12,17H,13-14H2,(H,24,27)/t17-/m0/s1. The van der Waals surface area contributed by atoms with Crippen LogP contribution in [0.1, 0.15) is 27.7 Å². The maximum absolute atomic E-state index is 14.1. The highest BCUT2D eigenvalue weighted by atomic mass is 32.1. The number of hydrogen-bond donors (Lipinski definition) is 1. The third kappa shape index (κ3) is 4.57. The summed E-state index contributed by atoms with van der Waals surface area (Å²) in [6.07, 6.45) is 0.460. The fourth-order valence-electron chi connectivity index (χ4n) is 3.08. The van der Waals surface area contributed by atoms with Crippen LogP contribution in [0.2, 0.25) is 0 Å². The number of halogens is 1. The van der Waals surface area contributed by atoms with Gasteiger partial charge in [0.25, 0.3) is 0 Å². The quantitative estimate of drug-likeness (QED) is 0.482. The summed E-state index contributed by atoms with van der Waals surface area (Å²) in [5, 5.41) is 8.60. The predicted molar refractivity (Wildman–Crippen MR) is 109 cm³/mol. The second-order valence-corrected chi connectivity index (χ2v) is 7.46. The van der Waals surface area contributed by atoms with E-state index in [2.05, 4.69) is 15.5 Å². The second kappa shape index (κ2) is 8.79. The second-order valence-electron chi connectivity index (χ2n) is 6.51. The smallest absolute Gasteiger partial charge is 0.316 e. The predicted octanol–water partition coefficient (Wildman–Crippen LogP) is 4.69. The number of amides is 1. The van der Waals surface area contributed by atoms with Gasteiger partial charge >= 0.3 is 11.8 Å². The molecule has 5 nitrogen and oxygen atoms in total. The molecule has 0 unspecified atom stereocenters. The van der Waals surface area contributed by atoms with Gasteiger partial charge in [-0.15, -0.1) is 11.3 Å². The summed E-state index contributed by atoms with van der Waals surface area (Å²) >= 11 is 1.47. The first kappa shape index (κ1) is 19.0. The fourth-order valence-corrected chi connectivity index (χ4v) is 3.72. The van der Waals surface area contributed by atoms with E-state index < -0.39 is 5.91 Å². The highest BCUT2D eigenvalue weighted by Gasteiger charge is 2.20. The maximum Gasteiger partial charge on any atom is 0.316 e. The summed E-state index contributed by atoms with van der Waals surface area (Å²) in [4.78, 5) is 17.5. The minimum absolute atomic E-state index is 0.0916. The molecule has 0 spiro atoms. The van der Waals surface area contributed by atoms with Crippen LogP contribution in [0, 0.1) is 5.82 Å². The number of nitrogens with one attached hydrogen (secondary N) is 1. The van der Waals surface area contributed by atoms with Crippen molar-refractivity contribution in [3.05, 3.63) is 94.9 Å². The average molecular weight is 407 g/mol. The molecule has 4 aromatic rings. The zero-order valence-electron chi connectivity index (χ0n) is 15.4. The summed E-state index contributed by atoms with van der Waals surface area (Å²) < 4.78 is 19.2. The molecule has 29 heavy (non-hydrogen) atoms. The van der Waals surface area contributed by atoms with E-state index in [9.17, 15) is 9.18 Å². The zero-order chi connectivity index (χ0) is 20.1. The van der Waals surface area contributed by atoms with E-state index in [0.29, 0.717) is 24.4 Å². The van der Waals surface area contributed by atoms with E-state index >= 15 is 0 Å². The van der Waals surface area contributed by atoms with Gasteiger partial charge in [-0.1, -0.05) is 59.8 Å². The Hall–Kier alpha value is -3.32. The van der Waals surface area contributed by atoms with Crippen LogP contribution in [0.25, 0.3) is 10.7 Å². The summed E-state index contributed by atoms with van der Waals surface area (Å²) in [5.74, 6) is -0.508. The lowest BCUT2D eigenvalue weighted by atomic mass is 9.91. The Morgan fingerprint density at radius 3 is 2.62 bits per heavy atom. The first-order valence-corrected chi connectivity index (χ1v) is 10.0. The maximum atomic E-state index is 14.1. The summed E-state index contributed by atoms with van der Waals surface area (Å²) in [7, 11) is 0. The topological polar surface area (TPSA) is 68.0 Å². The number of aromatic nitrogens is 2. The molecule has 0 aliphatic rings. The molecular weight excluding hydrogens is 389 g/mol. The lowest BCUT2D eigenvalue weighted by Crippen LogP contribution is -2.29. The van der Waals surface area contributed by atoms with Crippen molar-refractivity contribution in [1.82, 2.24) is 15.5 Å². The van der Waals surface area contributed by atoms with Gasteiger partial charge in [0.15, 0.2) is 0 Å². The van der Waals surface area contributed by atoms with E-state index in [-0.39, 0.29) is 17.6 Å². The zero-order valence-corrected chi connectivity index (χ0v) is 16.2. The monoisotopic (exact) mass is 407 g/mol. The van der Waals surface area contributed by atoms with Crippen LogP contribution in [0.3, 0.4) is 0 Å². The molecule has 1 atom stereocenters. The number of nitrogens with zero attached hydrogens (tertiary/aromatic N) is 2. The van der Waals surface area contributed by atoms with Crippen LogP contribution in [0.5, 0.6) is 0 Å². The van der Waals surface area contributed by atoms with Gasteiger partial charge in [-0.05, 0) is 35.1 Å². The molecule has 2 aromatic heterocycles. The van der Waals surface area contributed by atoms with Gasteiger partial charge in [0, 0.05) is 12.5 Å². The number of benzene rings is 2. The minimum Gasteiger partial charge on any atom is -0.347 e. The fraction of sp³-hybridized carbons (Fsp3) is 0.136. The Morgan fingerprint density at radius 2 is 1.86 bits per heavy atom. The van der Waals surface area contributed by atoms with Gasteiger partial charge in [0.2, 0.25) is 5.82 Å². The normalized spacial score (nSPS) is 11.9. The van der Waals surface area contributed by atoms with E-state index in [1.807, 2.05) is 53.9 Å². The third-order valence-corrected chi connectivity index (χ3v) is 5.43. The SMILES string of the molecule is O=C(NC[C@H](Cc1ccccc1F)c1ccccc1)c1nc(-c2cccs2)no1. The number of carbonyl (C=O) groups is 1. The number of carbonyl (C=O) groups excluding carboxylic acids is 1. The first-order chi connectivity index (χ1) is 14.2. The number of rotatable bonds is 7. The van der Waals surface area contributed by atoms with Crippen LogP contribution in [-0.4, -0.2) is 22.6 Å². The molecule has 0 saturated heterocycles. The Labute approximate surface area is 171 Å². The molecule has 2 aromatic carbocycles. The van der Waals surface area contributed by atoms with E-state index in [1.54, 1.807) is 12.1 Å². The van der Waals surface area contributed by atoms with Crippen molar-refractivity contribution in [3.63, 3.8) is 0 Å². The van der Waals surface area contributed by atoms with E-state index in [4.69, 9.17) is 4.52 Å². The average Bonchev–Trinajstić information content (AvgIpc) is 3.44. The van der Waals surface area contributed by atoms with Gasteiger partial charge < -0.3 is 9.84 Å². The van der Waals surface area contributed by atoms with Crippen molar-refractivity contribution in [3.8, 4) is 10.7 Å². The molecule has 146 valence electrons. The van der Waals surface area contributed by atoms with Crippen molar-refractivity contribution < 1.29 is 13.7 Å². The molecule has 0 radical (unpaired) electrons. The highest BCUT2D eigenvalue weighted by Crippen LogP contribution is 2.23. The summed E-state index contributed by atoms with van der Waals surface area (Å²) in [5.41, 5.74) is 1.62. The third-order valence-electron chi connectivity index (χ3n) is 4.57. The van der Waals surface area contributed by atoms with Crippen LogP contribution < -0.4 is 5.32 Å². The van der Waals surface area contributed by atoms with Gasteiger partial charge in [0.1, 0.15) is 5.82 Å². The molecule has 2 heterocycles. The van der Waals surface area contributed by atoms with Gasteiger partial charge in [-0.25, -0.2) is 4.39 Å². The van der Waals surface area contributed by atoms with Crippen molar-refractivity contribution in [1.29, 1.82) is 0 Å². The van der Waals surface area contributed by atoms with Crippen molar-refractivity contribution >= 4 is 17.2 Å². The Kier molecular flexibility index (Phi) is 5.76. The van der Waals surface area contributed by atoms with Crippen LogP contribution in [0.4, 0.5) is 4.39 Å². The Bertz CT molecular complexity index is 1080. The molecule has 1 N–H and O–H groups in total. The molecule has 0 fully saturated rings. The molecular formula is C22H18FN3O2S. The molecule has 7 heteroatoms. The van der Waals surface area contributed by atoms with E-state index in [1.165, 1.54) is 17.4 Å². The largest absolute Gasteiger partial charge is 0.347 e. The Balaban J connectivity index is 1.48. The van der Waals surface area contributed by atoms with Gasteiger partial charge in [0.05, 0.1) is 4.88 Å². The number of hydrogen-bond acceptors (Lipinski definition) is 5. The first-order valence-electron chi connectivity index (χ1n) is 9.15. The molecule has 0 aliphatic heterocycles. The van der Waals surface area contributed by atoms with Crippen molar-refractivity contribution in [2.75, 3.05) is 6.54 Å². The van der Waals surface area contributed by atoms with Gasteiger partial charge in [-0.3, -0.25) is 4.79 Å². The molecule has 1 amide bonds. The lowest BCUT2D eigenvalue weighted by molar-refractivity contribution is 0.0907. The molecule has 0 saturated carbocycles. The highest BCUT2D eigenvalue weighted by molar-refractivity contribution is 7.13. The summed E-state index contributed by atoms with van der Waals surface area (Å²) in [6.45, 7) is 0.313. The van der Waals surface area contributed by atoms with Crippen LogP contribution in [0.15, 0.2) is 76.6 Å². The lowest BCUT2D eigenvalue weighted by Gasteiger charge is -2.18. The molecule has 0 aliphatic carbocycles. The number of thiophene rings is 1. The van der Waals surface area contributed by atoms with Gasteiger partial charge in [-0.2, -0.15) is 4.98 Å². The Morgan fingerprint density at radius 1 is 1.07 bits per heavy atom. The van der Waals surface area contributed by atoms with Crippen molar-refractivity contribution in [2.45, 2.75) is 12.3 Å². The van der Waals surface area contributed by atoms with Crippen LogP contribution >= 0.6 is 11.3 Å². The molecule has 0 bridgehead atoms.